The highest BCUT2D eigenvalue weighted by molar-refractivity contribution is 5.80. The minimum atomic E-state index is 0.0158. The second-order valence-electron chi connectivity index (χ2n) is 4.54. The summed E-state index contributed by atoms with van der Waals surface area (Å²) in [5.41, 5.74) is 6.73. The molecule has 5 heteroatoms. The topological polar surface area (TPSA) is 83.8 Å². The largest absolute Gasteiger partial charge is 0.469 e. The van der Waals surface area contributed by atoms with Crippen LogP contribution in [0.15, 0.2) is 58.3 Å². The van der Waals surface area contributed by atoms with Gasteiger partial charge < -0.3 is 20.7 Å². The fraction of sp³-hybridized carbons (Fsp3) is 0.267. The standard InChI is InChI=1S/C15H19N3O2/c16-15(18-19)11-14(12-5-2-1-3-6-12)17-9-8-13-7-4-10-20-13/h1-7,10,14,17,19H,8-9,11H2,(H2,16,18). The van der Waals surface area contributed by atoms with E-state index in [0.717, 1.165) is 24.3 Å². The van der Waals surface area contributed by atoms with Crippen molar-refractivity contribution < 1.29 is 9.62 Å². The molecule has 1 aromatic carbocycles. The zero-order valence-corrected chi connectivity index (χ0v) is 11.2. The Kier molecular flexibility index (Phi) is 5.20. The van der Waals surface area contributed by atoms with Gasteiger partial charge in [0.1, 0.15) is 11.6 Å². The van der Waals surface area contributed by atoms with Crippen molar-refractivity contribution in [2.24, 2.45) is 10.9 Å². The molecule has 0 amide bonds. The van der Waals surface area contributed by atoms with Crippen LogP contribution in [0.5, 0.6) is 0 Å². The Bertz CT molecular complexity index is 523. The van der Waals surface area contributed by atoms with Gasteiger partial charge in [0.05, 0.1) is 6.26 Å². The summed E-state index contributed by atoms with van der Waals surface area (Å²) in [5.74, 6) is 1.15. The molecule has 2 rings (SSSR count). The zero-order chi connectivity index (χ0) is 14.2. The van der Waals surface area contributed by atoms with Gasteiger partial charge in [-0.2, -0.15) is 0 Å². The second kappa shape index (κ2) is 7.35. The predicted octanol–water partition coefficient (Wildman–Crippen LogP) is 2.29. The first-order chi connectivity index (χ1) is 9.79. The van der Waals surface area contributed by atoms with Crippen LogP contribution in [0.2, 0.25) is 0 Å². The van der Waals surface area contributed by atoms with Gasteiger partial charge in [-0.3, -0.25) is 0 Å². The summed E-state index contributed by atoms with van der Waals surface area (Å²) >= 11 is 0. The highest BCUT2D eigenvalue weighted by Gasteiger charge is 2.13. The number of furan rings is 1. The third-order valence-electron chi connectivity index (χ3n) is 3.09. The molecule has 0 radical (unpaired) electrons. The Balaban J connectivity index is 1.95. The summed E-state index contributed by atoms with van der Waals surface area (Å²) in [6.45, 7) is 0.756. The molecule has 0 bridgehead atoms. The Morgan fingerprint density at radius 3 is 2.70 bits per heavy atom. The van der Waals surface area contributed by atoms with Crippen LogP contribution in [0.4, 0.5) is 0 Å². The molecular weight excluding hydrogens is 254 g/mol. The monoisotopic (exact) mass is 273 g/mol. The van der Waals surface area contributed by atoms with E-state index in [0.29, 0.717) is 6.42 Å². The van der Waals surface area contributed by atoms with Gasteiger partial charge >= 0.3 is 0 Å². The van der Waals surface area contributed by atoms with E-state index >= 15 is 0 Å². The highest BCUT2D eigenvalue weighted by Crippen LogP contribution is 2.16. The highest BCUT2D eigenvalue weighted by atomic mass is 16.4. The lowest BCUT2D eigenvalue weighted by molar-refractivity contribution is 0.315. The molecular formula is C15H19N3O2. The van der Waals surface area contributed by atoms with Crippen LogP contribution in [0.3, 0.4) is 0 Å². The van der Waals surface area contributed by atoms with Gasteiger partial charge in [-0.25, -0.2) is 0 Å². The molecule has 5 nitrogen and oxygen atoms in total. The summed E-state index contributed by atoms with van der Waals surface area (Å²) in [7, 11) is 0. The molecule has 2 aromatic rings. The van der Waals surface area contributed by atoms with Gasteiger partial charge in [0.2, 0.25) is 0 Å². The minimum absolute atomic E-state index is 0.0158. The normalized spacial score (nSPS) is 13.3. The van der Waals surface area contributed by atoms with Crippen LogP contribution in [0.25, 0.3) is 0 Å². The quantitative estimate of drug-likeness (QED) is 0.313. The Morgan fingerprint density at radius 2 is 2.05 bits per heavy atom. The molecule has 0 fully saturated rings. The van der Waals surface area contributed by atoms with Crippen molar-refractivity contribution in [1.29, 1.82) is 0 Å². The third-order valence-corrected chi connectivity index (χ3v) is 3.09. The number of rotatable bonds is 7. The van der Waals surface area contributed by atoms with Crippen molar-refractivity contribution in [3.63, 3.8) is 0 Å². The van der Waals surface area contributed by atoms with Crippen molar-refractivity contribution in [3.05, 3.63) is 60.1 Å². The lowest BCUT2D eigenvalue weighted by Gasteiger charge is -2.18. The van der Waals surface area contributed by atoms with Crippen LogP contribution >= 0.6 is 0 Å². The number of nitrogens with one attached hydrogen (secondary N) is 1. The van der Waals surface area contributed by atoms with Gasteiger partial charge in [-0.15, -0.1) is 0 Å². The number of nitrogens with zero attached hydrogens (tertiary/aromatic N) is 1. The number of hydrogen-bond donors (Lipinski definition) is 3. The molecule has 0 aliphatic carbocycles. The van der Waals surface area contributed by atoms with Gasteiger partial charge in [0.25, 0.3) is 0 Å². The van der Waals surface area contributed by atoms with E-state index in [9.17, 15) is 0 Å². The lowest BCUT2D eigenvalue weighted by Crippen LogP contribution is -2.28. The summed E-state index contributed by atoms with van der Waals surface area (Å²) < 4.78 is 5.29. The van der Waals surface area contributed by atoms with E-state index in [4.69, 9.17) is 15.4 Å². The summed E-state index contributed by atoms with van der Waals surface area (Å²) in [6, 6.07) is 13.8. The number of hydrogen-bond acceptors (Lipinski definition) is 4. The van der Waals surface area contributed by atoms with E-state index in [2.05, 4.69) is 10.5 Å². The molecule has 1 heterocycles. The van der Waals surface area contributed by atoms with E-state index < -0.39 is 0 Å². The third kappa shape index (κ3) is 4.13. The van der Waals surface area contributed by atoms with Crippen LogP contribution in [0, 0.1) is 0 Å². The SMILES string of the molecule is NC(CC(NCCc1ccco1)c1ccccc1)=NO. The van der Waals surface area contributed by atoms with Gasteiger partial charge in [-0.1, -0.05) is 35.5 Å². The second-order valence-corrected chi connectivity index (χ2v) is 4.54. The molecule has 1 unspecified atom stereocenters. The molecule has 0 aliphatic heterocycles. The molecule has 0 aliphatic rings. The lowest BCUT2D eigenvalue weighted by atomic mass is 10.0. The van der Waals surface area contributed by atoms with Crippen molar-refractivity contribution in [1.82, 2.24) is 5.32 Å². The number of amidine groups is 1. The molecule has 0 saturated carbocycles. The fourth-order valence-corrected chi connectivity index (χ4v) is 2.07. The van der Waals surface area contributed by atoms with Crippen molar-refractivity contribution in [3.8, 4) is 0 Å². The smallest absolute Gasteiger partial charge is 0.141 e. The predicted molar refractivity (Wildman–Crippen MR) is 77.6 cm³/mol. The molecule has 106 valence electrons. The van der Waals surface area contributed by atoms with Gasteiger partial charge in [0, 0.05) is 25.4 Å². The first-order valence-corrected chi connectivity index (χ1v) is 6.56. The van der Waals surface area contributed by atoms with Gasteiger partial charge in [0.15, 0.2) is 0 Å². The van der Waals surface area contributed by atoms with E-state index in [-0.39, 0.29) is 11.9 Å². The molecule has 20 heavy (non-hydrogen) atoms. The first kappa shape index (κ1) is 14.1. The average molecular weight is 273 g/mol. The maximum absolute atomic E-state index is 8.73. The summed E-state index contributed by atoms with van der Waals surface area (Å²) in [5, 5.41) is 15.2. The number of oxime groups is 1. The molecule has 0 spiro atoms. The van der Waals surface area contributed by atoms with Crippen LogP contribution in [-0.2, 0) is 6.42 Å². The van der Waals surface area contributed by atoms with E-state index in [1.54, 1.807) is 6.26 Å². The first-order valence-electron chi connectivity index (χ1n) is 6.56. The van der Waals surface area contributed by atoms with Gasteiger partial charge in [-0.05, 0) is 17.7 Å². The van der Waals surface area contributed by atoms with E-state index in [1.165, 1.54) is 0 Å². The average Bonchev–Trinajstić information content (AvgIpc) is 3.00. The molecule has 4 N–H and O–H groups in total. The van der Waals surface area contributed by atoms with Crippen molar-refractivity contribution >= 4 is 5.84 Å². The van der Waals surface area contributed by atoms with Crippen LogP contribution in [0.1, 0.15) is 23.8 Å². The molecule has 0 saturated heterocycles. The number of benzene rings is 1. The Hall–Kier alpha value is -2.27. The maximum atomic E-state index is 8.73. The zero-order valence-electron chi connectivity index (χ0n) is 11.2. The molecule has 1 atom stereocenters. The Morgan fingerprint density at radius 1 is 1.25 bits per heavy atom. The summed E-state index contributed by atoms with van der Waals surface area (Å²) in [6.07, 6.45) is 2.92. The van der Waals surface area contributed by atoms with Crippen molar-refractivity contribution in [2.75, 3.05) is 6.54 Å². The maximum Gasteiger partial charge on any atom is 0.141 e. The Labute approximate surface area is 118 Å². The van der Waals surface area contributed by atoms with Crippen LogP contribution in [-0.4, -0.2) is 17.6 Å². The fourth-order valence-electron chi connectivity index (χ4n) is 2.07. The van der Waals surface area contributed by atoms with Crippen molar-refractivity contribution in [2.45, 2.75) is 18.9 Å². The summed E-state index contributed by atoms with van der Waals surface area (Å²) in [4.78, 5) is 0. The molecule has 1 aromatic heterocycles. The minimum Gasteiger partial charge on any atom is -0.469 e. The van der Waals surface area contributed by atoms with E-state index in [1.807, 2.05) is 42.5 Å². The van der Waals surface area contributed by atoms with Crippen LogP contribution < -0.4 is 11.1 Å². The number of nitrogens with two attached hydrogens (primary N) is 1.